The van der Waals surface area contributed by atoms with E-state index in [1.807, 2.05) is 24.3 Å². The molecule has 1 aliphatic heterocycles. The van der Waals surface area contributed by atoms with Crippen LogP contribution in [-0.2, 0) is 16.0 Å². The van der Waals surface area contributed by atoms with Gasteiger partial charge in [0.1, 0.15) is 0 Å². The first kappa shape index (κ1) is 16.0. The Kier molecular flexibility index (Phi) is 6.70. The highest BCUT2D eigenvalue weighted by Crippen LogP contribution is 2.17. The van der Waals surface area contributed by atoms with Gasteiger partial charge in [0.05, 0.1) is 6.61 Å². The fourth-order valence-electron chi connectivity index (χ4n) is 2.76. The maximum atomic E-state index is 12.1. The van der Waals surface area contributed by atoms with Crippen LogP contribution < -0.4 is 10.6 Å². The van der Waals surface area contributed by atoms with E-state index in [0.717, 1.165) is 30.6 Å². The van der Waals surface area contributed by atoms with Gasteiger partial charge in [-0.1, -0.05) is 24.6 Å². The Labute approximate surface area is 127 Å². The van der Waals surface area contributed by atoms with Crippen LogP contribution in [0.5, 0.6) is 0 Å². The van der Waals surface area contributed by atoms with Gasteiger partial charge in [0, 0.05) is 25.3 Å². The van der Waals surface area contributed by atoms with Crippen LogP contribution in [0.4, 0.5) is 5.69 Å². The molecule has 0 bridgehead atoms. The molecule has 1 fully saturated rings. The van der Waals surface area contributed by atoms with Crippen molar-refractivity contribution in [1.29, 1.82) is 0 Å². The lowest BCUT2D eigenvalue weighted by Crippen LogP contribution is -2.34. The Morgan fingerprint density at radius 2 is 2.24 bits per heavy atom. The Balaban J connectivity index is 1.81. The summed E-state index contributed by atoms with van der Waals surface area (Å²) in [6.07, 6.45) is 6.05. The molecule has 1 aromatic rings. The van der Waals surface area contributed by atoms with Crippen molar-refractivity contribution in [3.8, 4) is 0 Å². The minimum atomic E-state index is 0.104. The third-order valence-electron chi connectivity index (χ3n) is 4.00. The fourth-order valence-corrected chi connectivity index (χ4v) is 2.76. The lowest BCUT2D eigenvalue weighted by molar-refractivity contribution is -0.116. The normalized spacial score (nSPS) is 18.4. The second kappa shape index (κ2) is 8.80. The summed E-state index contributed by atoms with van der Waals surface area (Å²) in [6.45, 7) is 1.75. The van der Waals surface area contributed by atoms with Gasteiger partial charge in [-0.3, -0.25) is 4.79 Å². The van der Waals surface area contributed by atoms with Gasteiger partial charge in [0.15, 0.2) is 0 Å². The number of carbonyl (C=O) groups excluding carboxylic acids is 1. The molecule has 1 saturated heterocycles. The molecular formula is C17H26N2O2. The molecule has 1 amide bonds. The predicted molar refractivity (Wildman–Crippen MR) is 85.5 cm³/mol. The van der Waals surface area contributed by atoms with Crippen molar-refractivity contribution in [2.45, 2.75) is 44.6 Å². The minimum Gasteiger partial charge on any atom is -0.384 e. The smallest absolute Gasteiger partial charge is 0.224 e. The number of benzene rings is 1. The maximum absolute atomic E-state index is 12.1. The number of para-hydroxylation sites is 1. The molecule has 0 radical (unpaired) electrons. The number of hydrogen-bond donors (Lipinski definition) is 2. The highest BCUT2D eigenvalue weighted by molar-refractivity contribution is 5.91. The molecule has 1 aromatic carbocycles. The Morgan fingerprint density at radius 3 is 3.00 bits per heavy atom. The monoisotopic (exact) mass is 290 g/mol. The first-order valence-corrected chi connectivity index (χ1v) is 7.89. The van der Waals surface area contributed by atoms with Crippen LogP contribution >= 0.6 is 0 Å². The van der Waals surface area contributed by atoms with Crippen LogP contribution in [0.1, 0.15) is 37.7 Å². The zero-order valence-electron chi connectivity index (χ0n) is 12.9. The summed E-state index contributed by atoms with van der Waals surface area (Å²) in [5.41, 5.74) is 2.04. The van der Waals surface area contributed by atoms with Gasteiger partial charge in [0.2, 0.25) is 5.91 Å². The molecule has 0 saturated carbocycles. The van der Waals surface area contributed by atoms with E-state index in [1.54, 1.807) is 7.11 Å². The zero-order valence-corrected chi connectivity index (χ0v) is 12.9. The number of hydrogen-bond acceptors (Lipinski definition) is 3. The van der Waals surface area contributed by atoms with Gasteiger partial charge in [-0.2, -0.15) is 0 Å². The van der Waals surface area contributed by atoms with Crippen molar-refractivity contribution in [3.63, 3.8) is 0 Å². The summed E-state index contributed by atoms with van der Waals surface area (Å²) in [5, 5.41) is 6.52. The maximum Gasteiger partial charge on any atom is 0.224 e. The molecule has 0 aromatic heterocycles. The summed E-state index contributed by atoms with van der Waals surface area (Å²) < 4.78 is 5.11. The van der Waals surface area contributed by atoms with E-state index in [-0.39, 0.29) is 5.91 Å². The van der Waals surface area contributed by atoms with Crippen LogP contribution in [0.2, 0.25) is 0 Å². The summed E-state index contributed by atoms with van der Waals surface area (Å²) >= 11 is 0. The minimum absolute atomic E-state index is 0.104. The number of nitrogens with one attached hydrogen (secondary N) is 2. The molecule has 21 heavy (non-hydrogen) atoms. The number of rotatable bonds is 7. The largest absolute Gasteiger partial charge is 0.384 e. The molecule has 1 atom stereocenters. The lowest BCUT2D eigenvalue weighted by Gasteiger charge is -2.23. The topological polar surface area (TPSA) is 50.4 Å². The quantitative estimate of drug-likeness (QED) is 0.812. The first-order chi connectivity index (χ1) is 10.3. The van der Waals surface area contributed by atoms with Crippen LogP contribution in [0.3, 0.4) is 0 Å². The Morgan fingerprint density at radius 1 is 1.38 bits per heavy atom. The molecule has 4 heteroatoms. The van der Waals surface area contributed by atoms with E-state index in [4.69, 9.17) is 4.74 Å². The molecule has 116 valence electrons. The standard InChI is InChI=1S/C17H26N2O2/c1-21-13-11-14-6-2-3-8-16(14)19-17(20)10-9-15-7-4-5-12-18-15/h2-3,6,8,15,18H,4-5,7,9-13H2,1H3,(H,19,20). The van der Waals surface area contributed by atoms with Crippen LogP contribution in [0, 0.1) is 0 Å². The molecule has 2 rings (SSSR count). The van der Waals surface area contributed by atoms with E-state index in [2.05, 4.69) is 10.6 Å². The Bertz CT molecular complexity index is 442. The van der Waals surface area contributed by atoms with Gasteiger partial charge in [-0.05, 0) is 43.9 Å². The van der Waals surface area contributed by atoms with Gasteiger partial charge in [-0.15, -0.1) is 0 Å². The van der Waals surface area contributed by atoms with Crippen molar-refractivity contribution in [3.05, 3.63) is 29.8 Å². The van der Waals surface area contributed by atoms with Crippen molar-refractivity contribution < 1.29 is 9.53 Å². The van der Waals surface area contributed by atoms with E-state index in [1.165, 1.54) is 19.3 Å². The average Bonchev–Trinajstić information content (AvgIpc) is 2.53. The highest BCUT2D eigenvalue weighted by Gasteiger charge is 2.14. The number of methoxy groups -OCH3 is 1. The fraction of sp³-hybridized carbons (Fsp3) is 0.588. The summed E-state index contributed by atoms with van der Waals surface area (Å²) in [7, 11) is 1.69. The average molecular weight is 290 g/mol. The summed E-state index contributed by atoms with van der Waals surface area (Å²) in [6, 6.07) is 8.45. The van der Waals surface area contributed by atoms with Gasteiger partial charge < -0.3 is 15.4 Å². The van der Waals surface area contributed by atoms with Crippen LogP contribution in [-0.4, -0.2) is 32.2 Å². The first-order valence-electron chi connectivity index (χ1n) is 7.89. The summed E-state index contributed by atoms with van der Waals surface area (Å²) in [5.74, 6) is 0.104. The van der Waals surface area contributed by atoms with E-state index >= 15 is 0 Å². The van der Waals surface area contributed by atoms with Crippen molar-refractivity contribution in [2.24, 2.45) is 0 Å². The Hall–Kier alpha value is -1.39. The SMILES string of the molecule is COCCc1ccccc1NC(=O)CCC1CCCCN1. The van der Waals surface area contributed by atoms with Crippen molar-refractivity contribution in [2.75, 3.05) is 25.6 Å². The number of amides is 1. The molecule has 0 aliphatic carbocycles. The second-order valence-corrected chi connectivity index (χ2v) is 5.63. The molecule has 4 nitrogen and oxygen atoms in total. The number of ether oxygens (including phenoxy) is 1. The molecule has 2 N–H and O–H groups in total. The van der Waals surface area contributed by atoms with E-state index in [0.29, 0.717) is 19.1 Å². The van der Waals surface area contributed by atoms with Gasteiger partial charge in [-0.25, -0.2) is 0 Å². The number of piperidine rings is 1. The molecule has 1 aliphatic rings. The second-order valence-electron chi connectivity index (χ2n) is 5.63. The van der Waals surface area contributed by atoms with Gasteiger partial charge >= 0.3 is 0 Å². The predicted octanol–water partition coefficient (Wildman–Crippen LogP) is 2.74. The van der Waals surface area contributed by atoms with Crippen molar-refractivity contribution in [1.82, 2.24) is 5.32 Å². The highest BCUT2D eigenvalue weighted by atomic mass is 16.5. The zero-order chi connectivity index (χ0) is 14.9. The van der Waals surface area contributed by atoms with Crippen LogP contribution in [0.25, 0.3) is 0 Å². The molecule has 1 heterocycles. The molecule has 1 unspecified atom stereocenters. The van der Waals surface area contributed by atoms with E-state index in [9.17, 15) is 4.79 Å². The van der Waals surface area contributed by atoms with E-state index < -0.39 is 0 Å². The van der Waals surface area contributed by atoms with Gasteiger partial charge in [0.25, 0.3) is 0 Å². The third kappa shape index (κ3) is 5.48. The number of anilines is 1. The third-order valence-corrected chi connectivity index (χ3v) is 4.00. The lowest BCUT2D eigenvalue weighted by atomic mass is 10.0. The molecule has 0 spiro atoms. The summed E-state index contributed by atoms with van der Waals surface area (Å²) in [4.78, 5) is 12.1. The number of carbonyl (C=O) groups is 1. The molecular weight excluding hydrogens is 264 g/mol. The van der Waals surface area contributed by atoms with Crippen LogP contribution in [0.15, 0.2) is 24.3 Å². The van der Waals surface area contributed by atoms with Crippen molar-refractivity contribution >= 4 is 11.6 Å².